The van der Waals surface area contributed by atoms with Crippen LogP contribution in [0.4, 0.5) is 0 Å². The predicted molar refractivity (Wildman–Crippen MR) is 81.8 cm³/mol. The van der Waals surface area contributed by atoms with E-state index in [4.69, 9.17) is 9.15 Å². The summed E-state index contributed by atoms with van der Waals surface area (Å²) in [5, 5.41) is 0. The van der Waals surface area contributed by atoms with E-state index in [1.165, 1.54) is 5.56 Å². The maximum atomic E-state index is 12.0. The molecule has 1 saturated heterocycles. The normalized spacial score (nSPS) is 16.9. The number of ether oxygens (including phenoxy) is 1. The summed E-state index contributed by atoms with van der Waals surface area (Å²) in [7, 11) is 0. The topological polar surface area (TPSA) is 47.6 Å². The van der Waals surface area contributed by atoms with Crippen molar-refractivity contribution in [2.24, 2.45) is 0 Å². The van der Waals surface area contributed by atoms with Gasteiger partial charge in [-0.25, -0.2) is 4.79 Å². The number of oxazole rings is 1. The molecule has 1 aliphatic rings. The van der Waals surface area contributed by atoms with Crippen LogP contribution < -0.4 is 5.76 Å². The third-order valence-electron chi connectivity index (χ3n) is 4.10. The summed E-state index contributed by atoms with van der Waals surface area (Å²) in [6.07, 6.45) is 0. The van der Waals surface area contributed by atoms with Gasteiger partial charge in [-0.3, -0.25) is 9.47 Å². The standard InChI is InChI=1S/C16H22N2O3/c1-12(2)13-3-4-14-15(11-13)21-16(19)18(14)6-5-17-7-9-20-10-8-17/h3-4,11-12H,5-10H2,1-2H3. The van der Waals surface area contributed by atoms with Crippen molar-refractivity contribution in [1.29, 1.82) is 0 Å². The summed E-state index contributed by atoms with van der Waals surface area (Å²) in [6.45, 7) is 9.20. The van der Waals surface area contributed by atoms with Gasteiger partial charge in [0.2, 0.25) is 0 Å². The minimum Gasteiger partial charge on any atom is -0.408 e. The third-order valence-corrected chi connectivity index (χ3v) is 4.10. The number of hydrogen-bond acceptors (Lipinski definition) is 4. The highest BCUT2D eigenvalue weighted by atomic mass is 16.5. The smallest absolute Gasteiger partial charge is 0.408 e. The van der Waals surface area contributed by atoms with E-state index in [-0.39, 0.29) is 5.76 Å². The maximum Gasteiger partial charge on any atom is 0.419 e. The zero-order valence-corrected chi connectivity index (χ0v) is 12.7. The molecule has 2 heterocycles. The molecule has 5 nitrogen and oxygen atoms in total. The molecule has 0 N–H and O–H groups in total. The van der Waals surface area contributed by atoms with E-state index in [1.807, 2.05) is 12.1 Å². The first-order valence-electron chi connectivity index (χ1n) is 7.58. The Morgan fingerprint density at radius 1 is 1.19 bits per heavy atom. The van der Waals surface area contributed by atoms with E-state index in [2.05, 4.69) is 24.8 Å². The Balaban J connectivity index is 1.81. The summed E-state index contributed by atoms with van der Waals surface area (Å²) in [4.78, 5) is 14.4. The van der Waals surface area contributed by atoms with Gasteiger partial charge < -0.3 is 9.15 Å². The fourth-order valence-corrected chi connectivity index (χ4v) is 2.72. The lowest BCUT2D eigenvalue weighted by Gasteiger charge is -2.26. The van der Waals surface area contributed by atoms with Crippen LogP contribution in [-0.4, -0.2) is 42.3 Å². The highest BCUT2D eigenvalue weighted by Gasteiger charge is 2.14. The monoisotopic (exact) mass is 290 g/mol. The highest BCUT2D eigenvalue weighted by molar-refractivity contribution is 5.73. The molecule has 5 heteroatoms. The maximum absolute atomic E-state index is 12.0. The van der Waals surface area contributed by atoms with E-state index < -0.39 is 0 Å². The molecule has 3 rings (SSSR count). The van der Waals surface area contributed by atoms with Gasteiger partial charge in [0, 0.05) is 26.2 Å². The molecule has 0 saturated carbocycles. The molecule has 0 unspecified atom stereocenters. The lowest BCUT2D eigenvalue weighted by Crippen LogP contribution is -2.38. The van der Waals surface area contributed by atoms with Crippen LogP contribution in [0.15, 0.2) is 27.4 Å². The summed E-state index contributed by atoms with van der Waals surface area (Å²) < 4.78 is 12.5. The van der Waals surface area contributed by atoms with Crippen LogP contribution in [0.1, 0.15) is 25.3 Å². The molecule has 21 heavy (non-hydrogen) atoms. The van der Waals surface area contributed by atoms with Gasteiger partial charge in [0.15, 0.2) is 5.58 Å². The Labute approximate surface area is 124 Å². The van der Waals surface area contributed by atoms with Gasteiger partial charge >= 0.3 is 5.76 Å². The van der Waals surface area contributed by atoms with Crippen LogP contribution >= 0.6 is 0 Å². The SMILES string of the molecule is CC(C)c1ccc2c(c1)oc(=O)n2CCN1CCOCC1. The van der Waals surface area contributed by atoms with Crippen LogP contribution in [0, 0.1) is 0 Å². The highest BCUT2D eigenvalue weighted by Crippen LogP contribution is 2.20. The average molecular weight is 290 g/mol. The predicted octanol–water partition coefficient (Wildman–Crippen LogP) is 2.05. The van der Waals surface area contributed by atoms with Crippen molar-refractivity contribution >= 4 is 11.1 Å². The summed E-state index contributed by atoms with van der Waals surface area (Å²) in [5.74, 6) is 0.163. The van der Waals surface area contributed by atoms with Crippen molar-refractivity contribution in [1.82, 2.24) is 9.47 Å². The van der Waals surface area contributed by atoms with Crippen molar-refractivity contribution in [3.63, 3.8) is 0 Å². The van der Waals surface area contributed by atoms with Gasteiger partial charge in [-0.05, 0) is 23.6 Å². The van der Waals surface area contributed by atoms with Gasteiger partial charge in [-0.2, -0.15) is 0 Å². The number of benzene rings is 1. The molecule has 0 amide bonds. The molecule has 1 aliphatic heterocycles. The molecule has 0 atom stereocenters. The molecule has 1 aromatic carbocycles. The first-order chi connectivity index (χ1) is 10.1. The number of hydrogen-bond donors (Lipinski definition) is 0. The van der Waals surface area contributed by atoms with Crippen molar-refractivity contribution in [2.75, 3.05) is 32.8 Å². The molecule has 0 bridgehead atoms. The van der Waals surface area contributed by atoms with Crippen LogP contribution in [-0.2, 0) is 11.3 Å². The van der Waals surface area contributed by atoms with Crippen molar-refractivity contribution in [2.45, 2.75) is 26.3 Å². The van der Waals surface area contributed by atoms with Crippen LogP contribution in [0.2, 0.25) is 0 Å². The van der Waals surface area contributed by atoms with Crippen LogP contribution in [0.25, 0.3) is 11.1 Å². The first-order valence-corrected chi connectivity index (χ1v) is 7.58. The Hall–Kier alpha value is -1.59. The minimum absolute atomic E-state index is 0.265. The number of morpholine rings is 1. The van der Waals surface area contributed by atoms with Crippen molar-refractivity contribution < 1.29 is 9.15 Å². The van der Waals surface area contributed by atoms with E-state index in [9.17, 15) is 4.79 Å². The molecule has 0 radical (unpaired) electrons. The Kier molecular flexibility index (Phi) is 4.12. The molecule has 114 valence electrons. The van der Waals surface area contributed by atoms with Crippen LogP contribution in [0.3, 0.4) is 0 Å². The first kappa shape index (κ1) is 14.4. The number of nitrogens with zero attached hydrogens (tertiary/aromatic N) is 2. The zero-order chi connectivity index (χ0) is 14.8. The lowest BCUT2D eigenvalue weighted by molar-refractivity contribution is 0.0363. The molecule has 2 aromatic rings. The second-order valence-corrected chi connectivity index (χ2v) is 5.86. The number of rotatable bonds is 4. The van der Waals surface area contributed by atoms with Gasteiger partial charge in [0.25, 0.3) is 0 Å². The molecule has 0 aliphatic carbocycles. The average Bonchev–Trinajstić information content (AvgIpc) is 2.80. The number of fused-ring (bicyclic) bond motifs is 1. The fourth-order valence-electron chi connectivity index (χ4n) is 2.72. The Morgan fingerprint density at radius 3 is 2.67 bits per heavy atom. The van der Waals surface area contributed by atoms with Crippen molar-refractivity contribution in [3.05, 3.63) is 34.3 Å². The minimum atomic E-state index is -0.265. The Bertz CT molecular complexity index is 666. The van der Waals surface area contributed by atoms with Gasteiger partial charge in [0.05, 0.1) is 18.7 Å². The van der Waals surface area contributed by atoms with Crippen molar-refractivity contribution in [3.8, 4) is 0 Å². The second kappa shape index (κ2) is 6.03. The molecule has 1 aromatic heterocycles. The zero-order valence-electron chi connectivity index (χ0n) is 12.7. The molecular formula is C16H22N2O3. The van der Waals surface area contributed by atoms with Gasteiger partial charge in [-0.1, -0.05) is 19.9 Å². The summed E-state index contributed by atoms with van der Waals surface area (Å²) in [6, 6.07) is 6.05. The largest absolute Gasteiger partial charge is 0.419 e. The quantitative estimate of drug-likeness (QED) is 0.864. The van der Waals surface area contributed by atoms with E-state index >= 15 is 0 Å². The van der Waals surface area contributed by atoms with Gasteiger partial charge in [-0.15, -0.1) is 0 Å². The lowest BCUT2D eigenvalue weighted by atomic mass is 10.0. The second-order valence-electron chi connectivity index (χ2n) is 5.86. The summed E-state index contributed by atoms with van der Waals surface area (Å²) in [5.41, 5.74) is 2.77. The number of aromatic nitrogens is 1. The Morgan fingerprint density at radius 2 is 1.95 bits per heavy atom. The van der Waals surface area contributed by atoms with Crippen LogP contribution in [0.5, 0.6) is 0 Å². The van der Waals surface area contributed by atoms with E-state index in [0.29, 0.717) is 18.0 Å². The fraction of sp³-hybridized carbons (Fsp3) is 0.562. The molecule has 1 fully saturated rings. The molecule has 0 spiro atoms. The third kappa shape index (κ3) is 3.04. The summed E-state index contributed by atoms with van der Waals surface area (Å²) >= 11 is 0. The van der Waals surface area contributed by atoms with E-state index in [1.54, 1.807) is 4.57 Å². The molecular weight excluding hydrogens is 268 g/mol. The van der Waals surface area contributed by atoms with Gasteiger partial charge in [0.1, 0.15) is 0 Å². The van der Waals surface area contributed by atoms with E-state index in [0.717, 1.165) is 38.4 Å².